The molecule has 100 valence electrons. The molecule has 1 aromatic rings. The van der Waals surface area contributed by atoms with Crippen LogP contribution in [-0.2, 0) is 6.54 Å². The Morgan fingerprint density at radius 1 is 1.17 bits per heavy atom. The molecule has 0 bridgehead atoms. The lowest BCUT2D eigenvalue weighted by molar-refractivity contribution is 0.213. The van der Waals surface area contributed by atoms with E-state index in [4.69, 9.17) is 17.3 Å². The van der Waals surface area contributed by atoms with E-state index in [1.54, 1.807) is 6.07 Å². The third-order valence-corrected chi connectivity index (χ3v) is 4.08. The molecule has 18 heavy (non-hydrogen) atoms. The normalized spacial score (nSPS) is 17.9. The van der Waals surface area contributed by atoms with Gasteiger partial charge < -0.3 is 5.73 Å². The highest BCUT2D eigenvalue weighted by Crippen LogP contribution is 2.23. The van der Waals surface area contributed by atoms with Gasteiger partial charge in [-0.25, -0.2) is 0 Å². The maximum absolute atomic E-state index is 6.05. The van der Waals surface area contributed by atoms with Crippen molar-refractivity contribution in [1.82, 2.24) is 4.90 Å². The van der Waals surface area contributed by atoms with Crippen LogP contribution in [-0.4, -0.2) is 18.0 Å². The van der Waals surface area contributed by atoms with Crippen LogP contribution in [0.25, 0.3) is 0 Å². The highest BCUT2D eigenvalue weighted by atomic mass is 35.5. The van der Waals surface area contributed by atoms with E-state index >= 15 is 0 Å². The monoisotopic (exact) mass is 266 g/mol. The Hall–Kier alpha value is -0.730. The van der Waals surface area contributed by atoms with Gasteiger partial charge in [-0.2, -0.15) is 0 Å². The van der Waals surface area contributed by atoms with E-state index < -0.39 is 0 Å². The van der Waals surface area contributed by atoms with Crippen molar-refractivity contribution in [2.75, 3.05) is 12.8 Å². The minimum Gasteiger partial charge on any atom is -0.399 e. The number of rotatable bonds is 3. The number of benzene rings is 1. The molecule has 0 atom stereocenters. The first-order valence-corrected chi connectivity index (χ1v) is 7.28. The Morgan fingerprint density at radius 3 is 2.44 bits per heavy atom. The third-order valence-electron chi connectivity index (χ3n) is 3.86. The minimum absolute atomic E-state index is 0.715. The summed E-state index contributed by atoms with van der Waals surface area (Å²) in [7, 11) is 2.22. The quantitative estimate of drug-likeness (QED) is 0.660. The molecule has 1 aliphatic carbocycles. The average Bonchev–Trinajstić information content (AvgIpc) is 2.55. The van der Waals surface area contributed by atoms with E-state index in [0.29, 0.717) is 6.04 Å². The van der Waals surface area contributed by atoms with Crippen LogP contribution in [0.4, 0.5) is 5.69 Å². The summed E-state index contributed by atoms with van der Waals surface area (Å²) in [6.07, 6.45) is 8.18. The first kappa shape index (κ1) is 13.7. The Morgan fingerprint density at radius 2 is 1.83 bits per heavy atom. The molecule has 0 heterocycles. The van der Waals surface area contributed by atoms with Gasteiger partial charge in [0.15, 0.2) is 0 Å². The summed E-state index contributed by atoms with van der Waals surface area (Å²) < 4.78 is 0. The van der Waals surface area contributed by atoms with Crippen LogP contribution in [0.5, 0.6) is 0 Å². The minimum atomic E-state index is 0.715. The van der Waals surface area contributed by atoms with Crippen molar-refractivity contribution in [3.8, 4) is 0 Å². The average molecular weight is 267 g/mol. The van der Waals surface area contributed by atoms with Gasteiger partial charge in [-0.3, -0.25) is 4.90 Å². The predicted molar refractivity (Wildman–Crippen MR) is 78.8 cm³/mol. The predicted octanol–water partition coefficient (Wildman–Crippen LogP) is 4.08. The second-order valence-electron chi connectivity index (χ2n) is 5.45. The number of nitrogens with zero attached hydrogens (tertiary/aromatic N) is 1. The van der Waals surface area contributed by atoms with Crippen LogP contribution < -0.4 is 5.73 Å². The lowest BCUT2D eigenvalue weighted by atomic mass is 10.1. The molecule has 1 fully saturated rings. The molecule has 1 saturated carbocycles. The molecule has 0 spiro atoms. The van der Waals surface area contributed by atoms with Crippen molar-refractivity contribution < 1.29 is 0 Å². The van der Waals surface area contributed by atoms with Gasteiger partial charge in [-0.1, -0.05) is 37.3 Å². The Balaban J connectivity index is 1.98. The van der Waals surface area contributed by atoms with Crippen molar-refractivity contribution in [3.63, 3.8) is 0 Å². The van der Waals surface area contributed by atoms with E-state index in [2.05, 4.69) is 11.9 Å². The first-order chi connectivity index (χ1) is 8.65. The molecule has 1 aromatic carbocycles. The van der Waals surface area contributed by atoms with Crippen molar-refractivity contribution in [2.24, 2.45) is 0 Å². The van der Waals surface area contributed by atoms with Gasteiger partial charge in [-0.15, -0.1) is 0 Å². The fourth-order valence-corrected chi connectivity index (χ4v) is 3.15. The lowest BCUT2D eigenvalue weighted by Gasteiger charge is -2.27. The van der Waals surface area contributed by atoms with Crippen molar-refractivity contribution in [2.45, 2.75) is 51.1 Å². The number of hydrogen-bond acceptors (Lipinski definition) is 2. The summed E-state index contributed by atoms with van der Waals surface area (Å²) in [6.45, 7) is 0.940. The van der Waals surface area contributed by atoms with E-state index in [9.17, 15) is 0 Å². The highest BCUT2D eigenvalue weighted by molar-refractivity contribution is 6.30. The number of nitrogens with two attached hydrogens (primary N) is 1. The van der Waals surface area contributed by atoms with Gasteiger partial charge in [0.1, 0.15) is 0 Å². The topological polar surface area (TPSA) is 29.3 Å². The van der Waals surface area contributed by atoms with Gasteiger partial charge >= 0.3 is 0 Å². The summed E-state index contributed by atoms with van der Waals surface area (Å²) in [5.74, 6) is 0. The van der Waals surface area contributed by atoms with Gasteiger partial charge in [-0.05, 0) is 43.7 Å². The zero-order valence-electron chi connectivity index (χ0n) is 11.2. The Labute approximate surface area is 115 Å². The van der Waals surface area contributed by atoms with Gasteiger partial charge in [0.25, 0.3) is 0 Å². The zero-order chi connectivity index (χ0) is 13.0. The summed E-state index contributed by atoms with van der Waals surface area (Å²) in [6, 6.07) is 6.56. The van der Waals surface area contributed by atoms with E-state index in [1.165, 1.54) is 44.1 Å². The standard InChI is InChI=1S/C15H23ClN2/c1-18(15-6-4-2-3-5-7-15)11-12-8-13(16)10-14(17)9-12/h8-10,15H,2-7,11,17H2,1H3. The third kappa shape index (κ3) is 3.89. The zero-order valence-corrected chi connectivity index (χ0v) is 11.9. The molecule has 2 N–H and O–H groups in total. The summed E-state index contributed by atoms with van der Waals surface area (Å²) in [4.78, 5) is 2.45. The van der Waals surface area contributed by atoms with E-state index in [0.717, 1.165) is 17.3 Å². The van der Waals surface area contributed by atoms with Crippen LogP contribution in [0.2, 0.25) is 5.02 Å². The van der Waals surface area contributed by atoms with Crippen molar-refractivity contribution in [1.29, 1.82) is 0 Å². The van der Waals surface area contributed by atoms with Gasteiger partial charge in [0.05, 0.1) is 0 Å². The van der Waals surface area contributed by atoms with Gasteiger partial charge in [0.2, 0.25) is 0 Å². The van der Waals surface area contributed by atoms with Crippen LogP contribution in [0.1, 0.15) is 44.1 Å². The van der Waals surface area contributed by atoms with E-state index in [1.807, 2.05) is 12.1 Å². The molecular weight excluding hydrogens is 244 g/mol. The van der Waals surface area contributed by atoms with Crippen molar-refractivity contribution in [3.05, 3.63) is 28.8 Å². The van der Waals surface area contributed by atoms with Crippen LogP contribution >= 0.6 is 11.6 Å². The lowest BCUT2D eigenvalue weighted by Crippen LogP contribution is -2.30. The molecule has 0 saturated heterocycles. The van der Waals surface area contributed by atoms with Gasteiger partial charge in [0, 0.05) is 23.3 Å². The molecule has 3 heteroatoms. The van der Waals surface area contributed by atoms with Crippen LogP contribution in [0.3, 0.4) is 0 Å². The van der Waals surface area contributed by atoms with E-state index in [-0.39, 0.29) is 0 Å². The number of hydrogen-bond donors (Lipinski definition) is 1. The first-order valence-electron chi connectivity index (χ1n) is 6.90. The maximum atomic E-state index is 6.05. The largest absolute Gasteiger partial charge is 0.399 e. The molecule has 0 aromatic heterocycles. The molecule has 1 aliphatic rings. The van der Waals surface area contributed by atoms with Crippen LogP contribution in [0.15, 0.2) is 18.2 Å². The molecule has 0 aliphatic heterocycles. The molecule has 2 rings (SSSR count). The Bertz CT molecular complexity index is 364. The van der Waals surface area contributed by atoms with Crippen LogP contribution in [0, 0.1) is 0 Å². The summed E-state index contributed by atoms with van der Waals surface area (Å²) in [5.41, 5.74) is 7.81. The summed E-state index contributed by atoms with van der Waals surface area (Å²) >= 11 is 6.05. The number of nitrogen functional groups attached to an aromatic ring is 1. The molecule has 2 nitrogen and oxygen atoms in total. The molecule has 0 unspecified atom stereocenters. The fourth-order valence-electron chi connectivity index (χ4n) is 2.88. The number of anilines is 1. The molecule has 0 amide bonds. The molecular formula is C15H23ClN2. The van der Waals surface area contributed by atoms with Crippen molar-refractivity contribution >= 4 is 17.3 Å². The highest BCUT2D eigenvalue weighted by Gasteiger charge is 2.17. The molecule has 0 radical (unpaired) electrons. The Kier molecular flexibility index (Phi) is 4.90. The summed E-state index contributed by atoms with van der Waals surface area (Å²) in [5, 5.41) is 0.735. The maximum Gasteiger partial charge on any atom is 0.0429 e. The number of halogens is 1. The SMILES string of the molecule is CN(Cc1cc(N)cc(Cl)c1)C1CCCCCC1. The second-order valence-corrected chi connectivity index (χ2v) is 5.89. The smallest absolute Gasteiger partial charge is 0.0429 e. The second kappa shape index (κ2) is 6.44. The fraction of sp³-hybridized carbons (Fsp3) is 0.600.